The van der Waals surface area contributed by atoms with Gasteiger partial charge in [-0.15, -0.1) is 0 Å². The molecule has 3 nitrogen and oxygen atoms in total. The molecule has 0 saturated carbocycles. The Morgan fingerprint density at radius 2 is 1.47 bits per heavy atom. The first-order chi connectivity index (χ1) is 15.7. The molecule has 2 aromatic rings. The van der Waals surface area contributed by atoms with E-state index in [1.807, 2.05) is 7.05 Å². The molecule has 1 N–H and O–H groups in total. The lowest BCUT2D eigenvalue weighted by Gasteiger charge is -2.44. The Morgan fingerprint density at radius 3 is 1.94 bits per heavy atom. The number of nitrogens with one attached hydrogen (secondary N) is 1. The molecule has 1 saturated heterocycles. The summed E-state index contributed by atoms with van der Waals surface area (Å²) in [5.41, 5.74) is -3.05. The normalized spacial score (nSPS) is 17.9. The molecule has 1 atom stereocenters. The molecule has 1 heterocycles. The summed E-state index contributed by atoms with van der Waals surface area (Å²) in [5.74, 6) is -1.58. The molecule has 1 amide bonds. The monoisotopic (exact) mass is 490 g/mol. The van der Waals surface area contributed by atoms with Crippen LogP contribution in [0.1, 0.15) is 42.0 Å². The molecular formula is C24H25F7N2O. The van der Waals surface area contributed by atoms with Gasteiger partial charge in [0, 0.05) is 17.9 Å². The van der Waals surface area contributed by atoms with Crippen LogP contribution in [0.3, 0.4) is 0 Å². The van der Waals surface area contributed by atoms with Crippen LogP contribution in [0.2, 0.25) is 0 Å². The van der Waals surface area contributed by atoms with E-state index in [1.54, 1.807) is 19.1 Å². The van der Waals surface area contributed by atoms with E-state index >= 15 is 0 Å². The van der Waals surface area contributed by atoms with Crippen molar-refractivity contribution in [2.24, 2.45) is 5.92 Å². The predicted octanol–water partition coefficient (Wildman–Crippen LogP) is 5.78. The van der Waals surface area contributed by atoms with Gasteiger partial charge in [0.15, 0.2) is 0 Å². The average Bonchev–Trinajstić information content (AvgIpc) is 2.77. The second-order valence-corrected chi connectivity index (χ2v) is 8.82. The maximum atomic E-state index is 13.5. The number of carbonyl (C=O) groups is 1. The third kappa shape index (κ3) is 5.71. The molecule has 0 aliphatic carbocycles. The second-order valence-electron chi connectivity index (χ2n) is 8.82. The number of amides is 1. The number of likely N-dealkylation sites (tertiary alicyclic amines) is 1. The zero-order valence-corrected chi connectivity index (χ0v) is 18.7. The number of alkyl halides is 6. The number of nitrogens with zero attached hydrogens (tertiary/aromatic N) is 1. The molecule has 1 unspecified atom stereocenters. The molecule has 0 bridgehead atoms. The van der Waals surface area contributed by atoms with Crippen molar-refractivity contribution in [2.75, 3.05) is 20.1 Å². The minimum absolute atomic E-state index is 0.0516. The molecule has 1 fully saturated rings. The Kier molecular flexibility index (Phi) is 7.31. The summed E-state index contributed by atoms with van der Waals surface area (Å²) in [6.07, 6.45) is -8.75. The summed E-state index contributed by atoms with van der Waals surface area (Å²) in [4.78, 5) is 15.2. The lowest BCUT2D eigenvalue weighted by Crippen LogP contribution is -2.49. The van der Waals surface area contributed by atoms with E-state index in [4.69, 9.17) is 0 Å². The lowest BCUT2D eigenvalue weighted by atomic mass is 9.64. The number of benzene rings is 2. The highest BCUT2D eigenvalue weighted by Gasteiger charge is 2.43. The van der Waals surface area contributed by atoms with E-state index in [0.717, 1.165) is 5.56 Å². The van der Waals surface area contributed by atoms with Gasteiger partial charge < -0.3 is 10.2 Å². The summed E-state index contributed by atoms with van der Waals surface area (Å²) in [6, 6.07) is 7.11. The molecule has 10 heteroatoms. The van der Waals surface area contributed by atoms with Gasteiger partial charge in [-0.2, -0.15) is 26.3 Å². The maximum Gasteiger partial charge on any atom is 0.416 e. The zero-order valence-electron chi connectivity index (χ0n) is 18.7. The maximum absolute atomic E-state index is 13.5. The quantitative estimate of drug-likeness (QED) is 0.539. The number of piperidine rings is 1. The first kappa shape index (κ1) is 26.0. The average molecular weight is 490 g/mol. The van der Waals surface area contributed by atoms with Crippen molar-refractivity contribution < 1.29 is 35.5 Å². The number of hydrogen-bond donors (Lipinski definition) is 1. The highest BCUT2D eigenvalue weighted by molar-refractivity contribution is 5.80. The van der Waals surface area contributed by atoms with E-state index in [1.165, 1.54) is 12.1 Å². The third-order valence-corrected chi connectivity index (χ3v) is 6.63. The van der Waals surface area contributed by atoms with Crippen LogP contribution in [-0.2, 0) is 29.1 Å². The Bertz CT molecular complexity index is 975. The van der Waals surface area contributed by atoms with Crippen LogP contribution >= 0.6 is 0 Å². The molecule has 3 rings (SSSR count). The molecule has 0 aromatic heterocycles. The zero-order chi connectivity index (χ0) is 25.3. The molecule has 1 aliphatic rings. The fourth-order valence-corrected chi connectivity index (χ4v) is 4.49. The predicted molar refractivity (Wildman–Crippen MR) is 112 cm³/mol. The highest BCUT2D eigenvalue weighted by atomic mass is 19.4. The van der Waals surface area contributed by atoms with Crippen molar-refractivity contribution in [3.63, 3.8) is 0 Å². The van der Waals surface area contributed by atoms with Crippen molar-refractivity contribution in [3.05, 3.63) is 70.5 Å². The first-order valence-corrected chi connectivity index (χ1v) is 10.7. The Hall–Kier alpha value is -2.62. The van der Waals surface area contributed by atoms with Gasteiger partial charge in [0.05, 0.1) is 11.1 Å². The summed E-state index contributed by atoms with van der Waals surface area (Å²) in [7, 11) is 1.94. The molecule has 1 aliphatic heterocycles. The van der Waals surface area contributed by atoms with Crippen LogP contribution < -0.4 is 5.32 Å². The lowest BCUT2D eigenvalue weighted by molar-refractivity contribution is -0.143. The molecule has 186 valence electrons. The smallest absolute Gasteiger partial charge is 0.352 e. The molecule has 2 aromatic carbocycles. The van der Waals surface area contributed by atoms with Gasteiger partial charge in [-0.3, -0.25) is 4.79 Å². The van der Waals surface area contributed by atoms with Gasteiger partial charge in [-0.25, -0.2) is 4.39 Å². The first-order valence-electron chi connectivity index (χ1n) is 10.7. The largest absolute Gasteiger partial charge is 0.416 e. The van der Waals surface area contributed by atoms with Crippen molar-refractivity contribution >= 4 is 5.91 Å². The fourth-order valence-electron chi connectivity index (χ4n) is 4.49. The van der Waals surface area contributed by atoms with Gasteiger partial charge in [0.1, 0.15) is 5.82 Å². The summed E-state index contributed by atoms with van der Waals surface area (Å²) in [5, 5.41) is 2.51. The SMILES string of the molecule is CC(C(=O)NCc1cc(C(F)(F)F)cc(C(F)(F)F)c1)C1(c2ccc(F)cc2)CCN(C)CC1. The Morgan fingerprint density at radius 1 is 0.971 bits per heavy atom. The van der Waals surface area contributed by atoms with Gasteiger partial charge in [0.2, 0.25) is 5.91 Å². The van der Waals surface area contributed by atoms with Gasteiger partial charge in [0.25, 0.3) is 0 Å². The number of hydrogen-bond acceptors (Lipinski definition) is 2. The van der Waals surface area contributed by atoms with Gasteiger partial charge in [-0.1, -0.05) is 19.1 Å². The third-order valence-electron chi connectivity index (χ3n) is 6.63. The summed E-state index contributed by atoms with van der Waals surface area (Å²) < 4.78 is 92.2. The highest BCUT2D eigenvalue weighted by Crippen LogP contribution is 2.42. The van der Waals surface area contributed by atoms with E-state index in [0.29, 0.717) is 38.1 Å². The van der Waals surface area contributed by atoms with E-state index < -0.39 is 53.1 Å². The van der Waals surface area contributed by atoms with Crippen LogP contribution in [0.25, 0.3) is 0 Å². The van der Waals surface area contributed by atoms with E-state index in [9.17, 15) is 35.5 Å². The van der Waals surface area contributed by atoms with Crippen molar-refractivity contribution in [2.45, 2.75) is 44.1 Å². The number of halogens is 7. The summed E-state index contributed by atoms with van der Waals surface area (Å²) >= 11 is 0. The topological polar surface area (TPSA) is 32.3 Å². The standard InChI is InChI=1S/C24H25F7N2O/c1-15(22(7-9-33(2)10-8-22)17-3-5-20(25)6-4-17)21(34)32-14-16-11-18(23(26,27)28)13-19(12-16)24(29,30)31/h3-6,11-13,15H,7-10,14H2,1-2H3,(H,32,34). The number of rotatable bonds is 5. The molecular weight excluding hydrogens is 465 g/mol. The minimum Gasteiger partial charge on any atom is -0.352 e. The summed E-state index contributed by atoms with van der Waals surface area (Å²) in [6.45, 7) is 2.54. The van der Waals surface area contributed by atoms with Crippen LogP contribution in [-0.4, -0.2) is 30.9 Å². The molecule has 34 heavy (non-hydrogen) atoms. The Labute approximate surface area is 192 Å². The van der Waals surface area contributed by atoms with Gasteiger partial charge >= 0.3 is 12.4 Å². The number of carbonyl (C=O) groups excluding carboxylic acids is 1. The van der Waals surface area contributed by atoms with Gasteiger partial charge in [-0.05, 0) is 74.4 Å². The van der Waals surface area contributed by atoms with E-state index in [-0.39, 0.29) is 11.6 Å². The molecule has 0 spiro atoms. The van der Waals surface area contributed by atoms with Crippen LogP contribution in [0.5, 0.6) is 0 Å². The van der Waals surface area contributed by atoms with Crippen LogP contribution in [0.4, 0.5) is 30.7 Å². The Balaban J connectivity index is 1.85. The van der Waals surface area contributed by atoms with Crippen molar-refractivity contribution in [1.29, 1.82) is 0 Å². The van der Waals surface area contributed by atoms with Crippen molar-refractivity contribution in [1.82, 2.24) is 10.2 Å². The van der Waals surface area contributed by atoms with Crippen LogP contribution in [0.15, 0.2) is 42.5 Å². The fraction of sp³-hybridized carbons (Fsp3) is 0.458. The van der Waals surface area contributed by atoms with Crippen LogP contribution in [0, 0.1) is 11.7 Å². The van der Waals surface area contributed by atoms with Crippen molar-refractivity contribution in [3.8, 4) is 0 Å². The molecule has 0 radical (unpaired) electrons. The second kappa shape index (κ2) is 9.56. The minimum atomic E-state index is -4.96. The van der Waals surface area contributed by atoms with E-state index in [2.05, 4.69) is 10.2 Å².